The highest BCUT2D eigenvalue weighted by Gasteiger charge is 2.31. The monoisotopic (exact) mass is 636 g/mol. The molecule has 1 atom stereocenters. The maximum Gasteiger partial charge on any atom is 0.241 e. The maximum atomic E-state index is 13.4. The second-order valence-electron chi connectivity index (χ2n) is 12.5. The van der Waals surface area contributed by atoms with Gasteiger partial charge in [-0.25, -0.2) is 23.1 Å². The lowest BCUT2D eigenvalue weighted by molar-refractivity contribution is 0.0815. The van der Waals surface area contributed by atoms with Gasteiger partial charge < -0.3 is 10.6 Å². The molecule has 238 valence electrons. The minimum Gasteiger partial charge on any atom is -0.383 e. The molecule has 11 heteroatoms. The fraction of sp³-hybridized carbons (Fsp3) is 0.343. The van der Waals surface area contributed by atoms with Crippen LogP contribution in [0, 0.1) is 0 Å². The lowest BCUT2D eigenvalue weighted by Crippen LogP contribution is -2.49. The SMILES string of the molecule is CN1CCN(C2CCC(n3nc(-c4ccc(C(NS(=O)(=O)c5ccccc5)c5ccccc5)cc4)c4c(N)ncnc43)CC2)CC1. The molecule has 2 aromatic heterocycles. The van der Waals surface area contributed by atoms with Crippen molar-refractivity contribution in [3.05, 3.63) is 102 Å². The third-order valence-corrected chi connectivity index (χ3v) is 11.0. The Hall–Kier alpha value is -4.16. The number of fused-ring (bicyclic) bond motifs is 1. The fourth-order valence-electron chi connectivity index (χ4n) is 6.94. The third-order valence-electron chi connectivity index (χ3n) is 9.56. The Bertz CT molecular complexity index is 1880. The van der Waals surface area contributed by atoms with Crippen molar-refractivity contribution in [3.8, 4) is 11.3 Å². The molecule has 0 radical (unpaired) electrons. The molecule has 1 saturated carbocycles. The third kappa shape index (κ3) is 6.15. The molecule has 1 unspecified atom stereocenters. The fourth-order valence-corrected chi connectivity index (χ4v) is 8.17. The summed E-state index contributed by atoms with van der Waals surface area (Å²) in [6.07, 6.45) is 5.87. The van der Waals surface area contributed by atoms with E-state index < -0.39 is 16.1 Å². The van der Waals surface area contributed by atoms with Crippen LogP contribution < -0.4 is 10.5 Å². The van der Waals surface area contributed by atoms with Gasteiger partial charge in [-0.1, -0.05) is 72.8 Å². The number of nitrogen functional groups attached to an aromatic ring is 1. The van der Waals surface area contributed by atoms with Crippen LogP contribution in [0.4, 0.5) is 5.82 Å². The van der Waals surface area contributed by atoms with Gasteiger partial charge in [-0.15, -0.1) is 0 Å². The van der Waals surface area contributed by atoms with E-state index in [-0.39, 0.29) is 10.9 Å². The summed E-state index contributed by atoms with van der Waals surface area (Å²) in [6, 6.07) is 26.2. The van der Waals surface area contributed by atoms with Crippen LogP contribution in [0.1, 0.15) is 48.9 Å². The summed E-state index contributed by atoms with van der Waals surface area (Å²) in [6.45, 7) is 4.54. The normalized spacial score (nSPS) is 20.5. The average Bonchev–Trinajstić information content (AvgIpc) is 3.50. The smallest absolute Gasteiger partial charge is 0.241 e. The van der Waals surface area contributed by atoms with Crippen molar-refractivity contribution in [3.63, 3.8) is 0 Å². The molecule has 46 heavy (non-hydrogen) atoms. The van der Waals surface area contributed by atoms with E-state index in [1.807, 2.05) is 54.6 Å². The van der Waals surface area contributed by atoms with E-state index in [0.717, 1.165) is 85.3 Å². The zero-order chi connectivity index (χ0) is 31.7. The van der Waals surface area contributed by atoms with E-state index in [4.69, 9.17) is 10.8 Å². The van der Waals surface area contributed by atoms with Gasteiger partial charge in [-0.05, 0) is 56.0 Å². The molecule has 2 aliphatic rings. The quantitative estimate of drug-likeness (QED) is 0.247. The van der Waals surface area contributed by atoms with Gasteiger partial charge in [-0.3, -0.25) is 4.90 Å². The van der Waals surface area contributed by atoms with Crippen LogP contribution in [0.15, 0.2) is 96.2 Å². The number of anilines is 1. The van der Waals surface area contributed by atoms with Crippen molar-refractivity contribution < 1.29 is 8.42 Å². The largest absolute Gasteiger partial charge is 0.383 e. The van der Waals surface area contributed by atoms with Crippen molar-refractivity contribution in [2.45, 2.75) is 48.7 Å². The van der Waals surface area contributed by atoms with Gasteiger partial charge in [0, 0.05) is 37.8 Å². The number of nitrogens with zero attached hydrogens (tertiary/aromatic N) is 6. The molecule has 1 saturated heterocycles. The van der Waals surface area contributed by atoms with Crippen molar-refractivity contribution in [1.29, 1.82) is 0 Å². The number of nitrogens with two attached hydrogens (primary N) is 1. The summed E-state index contributed by atoms with van der Waals surface area (Å²) in [5, 5.41) is 5.88. The molecule has 1 aliphatic heterocycles. The number of aromatic nitrogens is 4. The van der Waals surface area contributed by atoms with Crippen molar-refractivity contribution in [2.75, 3.05) is 39.0 Å². The van der Waals surface area contributed by atoms with Gasteiger partial charge in [0.2, 0.25) is 10.0 Å². The Morgan fingerprint density at radius 2 is 1.39 bits per heavy atom. The van der Waals surface area contributed by atoms with E-state index >= 15 is 0 Å². The number of rotatable bonds is 8. The number of nitrogens with one attached hydrogen (secondary N) is 1. The second-order valence-corrected chi connectivity index (χ2v) is 14.2. The first-order valence-electron chi connectivity index (χ1n) is 16.0. The predicted octanol–water partition coefficient (Wildman–Crippen LogP) is 4.87. The molecule has 0 amide bonds. The zero-order valence-electron chi connectivity index (χ0n) is 26.0. The van der Waals surface area contributed by atoms with Gasteiger partial charge in [0.05, 0.1) is 22.4 Å². The molecule has 5 aromatic rings. The Labute approximate surface area is 270 Å². The molecule has 7 rings (SSSR count). The summed E-state index contributed by atoms with van der Waals surface area (Å²) in [5.41, 5.74) is 10.5. The number of likely N-dealkylation sites (N-methyl/N-ethyl adjacent to an activating group) is 1. The maximum absolute atomic E-state index is 13.4. The van der Waals surface area contributed by atoms with Crippen LogP contribution in [-0.2, 0) is 10.0 Å². The van der Waals surface area contributed by atoms with Crippen molar-refractivity contribution >= 4 is 26.9 Å². The first kappa shape index (κ1) is 30.5. The standard InChI is InChI=1S/C35H40N8O2S/c1-41-20-22-42(23-21-41)28-16-18-29(19-17-28)43-35-31(34(36)37-24-38-35)33(39-43)27-14-12-26(13-15-27)32(25-8-4-2-5-9-25)40-46(44,45)30-10-6-3-7-11-30/h2-15,24,28-29,32,40H,16-23H2,1H3,(H2,36,37,38). The van der Waals surface area contributed by atoms with Gasteiger partial charge in [-0.2, -0.15) is 9.82 Å². The average molecular weight is 637 g/mol. The zero-order valence-corrected chi connectivity index (χ0v) is 26.9. The molecular formula is C35H40N8O2S. The van der Waals surface area contributed by atoms with Crippen LogP contribution >= 0.6 is 0 Å². The van der Waals surface area contributed by atoms with Crippen LogP contribution in [0.5, 0.6) is 0 Å². The van der Waals surface area contributed by atoms with Crippen LogP contribution in [-0.4, -0.2) is 77.2 Å². The van der Waals surface area contributed by atoms with Crippen molar-refractivity contribution in [2.24, 2.45) is 0 Å². The minimum absolute atomic E-state index is 0.220. The van der Waals surface area contributed by atoms with E-state index in [1.165, 1.54) is 6.33 Å². The van der Waals surface area contributed by atoms with Gasteiger partial charge in [0.15, 0.2) is 5.65 Å². The van der Waals surface area contributed by atoms with Crippen LogP contribution in [0.25, 0.3) is 22.3 Å². The highest BCUT2D eigenvalue weighted by atomic mass is 32.2. The van der Waals surface area contributed by atoms with Crippen LogP contribution in [0.3, 0.4) is 0 Å². The van der Waals surface area contributed by atoms with E-state index in [2.05, 4.69) is 36.2 Å². The number of hydrogen-bond acceptors (Lipinski definition) is 8. The molecule has 10 nitrogen and oxygen atoms in total. The Kier molecular flexibility index (Phi) is 8.56. The molecule has 0 bridgehead atoms. The van der Waals surface area contributed by atoms with Gasteiger partial charge in [0.25, 0.3) is 0 Å². The van der Waals surface area contributed by atoms with Crippen LogP contribution in [0.2, 0.25) is 0 Å². The predicted molar refractivity (Wildman–Crippen MR) is 181 cm³/mol. The molecule has 1 aliphatic carbocycles. The Balaban J connectivity index is 1.17. The number of hydrogen-bond donors (Lipinski definition) is 2. The summed E-state index contributed by atoms with van der Waals surface area (Å²) < 4.78 is 31.8. The lowest BCUT2D eigenvalue weighted by Gasteiger charge is -2.41. The molecular weight excluding hydrogens is 597 g/mol. The van der Waals surface area contributed by atoms with Crippen molar-refractivity contribution in [1.82, 2.24) is 34.3 Å². The molecule has 3 aromatic carbocycles. The van der Waals surface area contributed by atoms with Gasteiger partial charge >= 0.3 is 0 Å². The number of benzene rings is 3. The summed E-state index contributed by atoms with van der Waals surface area (Å²) in [4.78, 5) is 14.2. The molecule has 3 heterocycles. The lowest BCUT2D eigenvalue weighted by atomic mass is 9.90. The summed E-state index contributed by atoms with van der Waals surface area (Å²) in [5.74, 6) is 0.402. The summed E-state index contributed by atoms with van der Waals surface area (Å²) >= 11 is 0. The molecule has 2 fully saturated rings. The molecule has 3 N–H and O–H groups in total. The molecule has 0 spiro atoms. The van der Waals surface area contributed by atoms with Gasteiger partial charge in [0.1, 0.15) is 17.8 Å². The highest BCUT2D eigenvalue weighted by Crippen LogP contribution is 2.37. The van der Waals surface area contributed by atoms with E-state index in [9.17, 15) is 8.42 Å². The van der Waals surface area contributed by atoms with E-state index in [0.29, 0.717) is 11.9 Å². The topological polar surface area (TPSA) is 122 Å². The Morgan fingerprint density at radius 1 is 0.783 bits per heavy atom. The highest BCUT2D eigenvalue weighted by molar-refractivity contribution is 7.89. The summed E-state index contributed by atoms with van der Waals surface area (Å²) in [7, 11) is -1.58. The first-order valence-corrected chi connectivity index (χ1v) is 17.5. The number of sulfonamides is 1. The van der Waals surface area contributed by atoms with E-state index in [1.54, 1.807) is 30.3 Å². The second kappa shape index (κ2) is 12.9. The Morgan fingerprint density at radius 3 is 2.07 bits per heavy atom. The number of piperazine rings is 1. The first-order chi connectivity index (χ1) is 22.4. The minimum atomic E-state index is -3.78.